The molecule has 1 fully saturated rings. The van der Waals surface area contributed by atoms with Gasteiger partial charge in [0.05, 0.1) is 6.42 Å². The number of halogens is 1. The molecule has 0 atom stereocenters. The Bertz CT molecular complexity index is 640. The van der Waals surface area contributed by atoms with Gasteiger partial charge in [-0.2, -0.15) is 0 Å². The second kappa shape index (κ2) is 5.87. The van der Waals surface area contributed by atoms with Crippen molar-refractivity contribution in [1.29, 1.82) is 0 Å². The monoisotopic (exact) mass is 286 g/mol. The summed E-state index contributed by atoms with van der Waals surface area (Å²) in [7, 11) is 0. The van der Waals surface area contributed by atoms with Gasteiger partial charge in [0.15, 0.2) is 5.82 Å². The van der Waals surface area contributed by atoms with Crippen molar-refractivity contribution in [3.05, 3.63) is 47.8 Å². The fraction of sp³-hybridized carbons (Fsp3) is 0.267. The van der Waals surface area contributed by atoms with Crippen molar-refractivity contribution in [2.75, 3.05) is 10.6 Å². The average Bonchev–Trinajstić information content (AvgIpc) is 3.25. The minimum atomic E-state index is -0.351. The molecule has 108 valence electrons. The SMILES string of the molecule is O=C(Cc1cccc(F)c1)Nc1ccc(NC2CC2)nn1. The third-order valence-electron chi connectivity index (χ3n) is 3.12. The normalized spacial score (nSPS) is 13.8. The van der Waals surface area contributed by atoms with Crippen LogP contribution in [0.5, 0.6) is 0 Å². The van der Waals surface area contributed by atoms with E-state index in [2.05, 4.69) is 20.8 Å². The third kappa shape index (κ3) is 3.98. The number of hydrogen-bond donors (Lipinski definition) is 2. The second-order valence-corrected chi connectivity index (χ2v) is 5.08. The molecule has 1 aromatic carbocycles. The van der Waals surface area contributed by atoms with Crippen LogP contribution >= 0.6 is 0 Å². The zero-order valence-electron chi connectivity index (χ0n) is 11.3. The fourth-order valence-corrected chi connectivity index (χ4v) is 1.93. The van der Waals surface area contributed by atoms with Crippen LogP contribution in [0.3, 0.4) is 0 Å². The lowest BCUT2D eigenvalue weighted by molar-refractivity contribution is -0.115. The Labute approximate surface area is 121 Å². The summed E-state index contributed by atoms with van der Waals surface area (Å²) >= 11 is 0. The molecule has 0 radical (unpaired) electrons. The highest BCUT2D eigenvalue weighted by molar-refractivity contribution is 5.91. The molecule has 0 aliphatic heterocycles. The van der Waals surface area contributed by atoms with Gasteiger partial charge < -0.3 is 10.6 Å². The summed E-state index contributed by atoms with van der Waals surface area (Å²) in [5.41, 5.74) is 0.618. The summed E-state index contributed by atoms with van der Waals surface area (Å²) < 4.78 is 13.0. The van der Waals surface area contributed by atoms with E-state index in [9.17, 15) is 9.18 Å². The first-order chi connectivity index (χ1) is 10.2. The predicted octanol–water partition coefficient (Wildman–Crippen LogP) is 2.37. The van der Waals surface area contributed by atoms with Crippen LogP contribution in [-0.4, -0.2) is 22.1 Å². The summed E-state index contributed by atoms with van der Waals surface area (Å²) in [5, 5.41) is 13.8. The summed E-state index contributed by atoms with van der Waals surface area (Å²) in [5.74, 6) is 0.492. The highest BCUT2D eigenvalue weighted by Crippen LogP contribution is 2.23. The van der Waals surface area contributed by atoms with Crippen LogP contribution in [0.25, 0.3) is 0 Å². The maximum atomic E-state index is 13.0. The number of rotatable bonds is 5. The van der Waals surface area contributed by atoms with Gasteiger partial charge in [-0.15, -0.1) is 10.2 Å². The summed E-state index contributed by atoms with van der Waals surface area (Å²) in [4.78, 5) is 11.8. The molecule has 0 unspecified atom stereocenters. The molecule has 6 heteroatoms. The van der Waals surface area contributed by atoms with E-state index in [1.54, 1.807) is 24.3 Å². The fourth-order valence-electron chi connectivity index (χ4n) is 1.93. The smallest absolute Gasteiger partial charge is 0.229 e. The molecule has 0 saturated heterocycles. The Morgan fingerprint density at radius 2 is 1.95 bits per heavy atom. The van der Waals surface area contributed by atoms with E-state index in [0.717, 1.165) is 12.8 Å². The topological polar surface area (TPSA) is 66.9 Å². The van der Waals surface area contributed by atoms with Gasteiger partial charge in [-0.3, -0.25) is 4.79 Å². The molecule has 1 aliphatic carbocycles. The molecular weight excluding hydrogens is 271 g/mol. The van der Waals surface area contributed by atoms with Crippen molar-refractivity contribution >= 4 is 17.5 Å². The molecule has 1 aromatic heterocycles. The van der Waals surface area contributed by atoms with E-state index in [1.807, 2.05) is 0 Å². The Hall–Kier alpha value is -2.50. The standard InChI is InChI=1S/C15H15FN4O/c16-11-3-1-2-10(8-11)9-15(21)18-14-7-6-13(19-20-14)17-12-4-5-12/h1-3,6-8,12H,4-5,9H2,(H,17,19)(H,18,20,21). The van der Waals surface area contributed by atoms with Gasteiger partial charge >= 0.3 is 0 Å². The van der Waals surface area contributed by atoms with Gasteiger partial charge in [0, 0.05) is 6.04 Å². The molecule has 1 saturated carbocycles. The highest BCUT2D eigenvalue weighted by atomic mass is 19.1. The van der Waals surface area contributed by atoms with Crippen molar-refractivity contribution in [2.24, 2.45) is 0 Å². The molecular formula is C15H15FN4O. The third-order valence-corrected chi connectivity index (χ3v) is 3.12. The number of nitrogens with one attached hydrogen (secondary N) is 2. The summed E-state index contributed by atoms with van der Waals surface area (Å²) in [6.07, 6.45) is 2.42. The van der Waals surface area contributed by atoms with Gasteiger partial charge in [0.25, 0.3) is 0 Å². The first kappa shape index (κ1) is 13.5. The van der Waals surface area contributed by atoms with Crippen LogP contribution in [0.15, 0.2) is 36.4 Å². The van der Waals surface area contributed by atoms with E-state index >= 15 is 0 Å². The van der Waals surface area contributed by atoms with Gasteiger partial charge in [0.1, 0.15) is 11.6 Å². The predicted molar refractivity (Wildman–Crippen MR) is 77.4 cm³/mol. The van der Waals surface area contributed by atoms with E-state index in [-0.39, 0.29) is 18.1 Å². The minimum Gasteiger partial charge on any atom is -0.366 e. The van der Waals surface area contributed by atoms with E-state index in [4.69, 9.17) is 0 Å². The number of hydrogen-bond acceptors (Lipinski definition) is 4. The Balaban J connectivity index is 1.56. The van der Waals surface area contributed by atoms with Crippen LogP contribution in [0.4, 0.5) is 16.0 Å². The Morgan fingerprint density at radius 1 is 1.19 bits per heavy atom. The lowest BCUT2D eigenvalue weighted by Gasteiger charge is -2.06. The summed E-state index contributed by atoms with van der Waals surface area (Å²) in [6, 6.07) is 9.96. The zero-order chi connectivity index (χ0) is 14.7. The molecule has 0 spiro atoms. The molecule has 5 nitrogen and oxygen atoms in total. The average molecular weight is 286 g/mol. The molecule has 1 aliphatic rings. The lowest BCUT2D eigenvalue weighted by atomic mass is 10.1. The van der Waals surface area contributed by atoms with Crippen molar-refractivity contribution in [3.8, 4) is 0 Å². The van der Waals surface area contributed by atoms with E-state index < -0.39 is 0 Å². The van der Waals surface area contributed by atoms with Crippen LogP contribution in [0, 0.1) is 5.82 Å². The summed E-state index contributed by atoms with van der Waals surface area (Å²) in [6.45, 7) is 0. The van der Waals surface area contributed by atoms with E-state index in [1.165, 1.54) is 12.1 Å². The number of benzene rings is 1. The Kier molecular flexibility index (Phi) is 3.77. The molecule has 2 aromatic rings. The van der Waals surface area contributed by atoms with Crippen LogP contribution in [0.1, 0.15) is 18.4 Å². The molecule has 2 N–H and O–H groups in total. The van der Waals surface area contributed by atoms with Crippen molar-refractivity contribution < 1.29 is 9.18 Å². The number of carbonyl (C=O) groups is 1. The Morgan fingerprint density at radius 3 is 2.62 bits per heavy atom. The number of amides is 1. The number of anilines is 2. The number of aromatic nitrogens is 2. The van der Waals surface area contributed by atoms with Gasteiger partial charge in [0.2, 0.25) is 5.91 Å². The van der Waals surface area contributed by atoms with Crippen LogP contribution in [-0.2, 0) is 11.2 Å². The largest absolute Gasteiger partial charge is 0.366 e. The zero-order valence-corrected chi connectivity index (χ0v) is 11.3. The van der Waals surface area contributed by atoms with Crippen LogP contribution in [0.2, 0.25) is 0 Å². The number of nitrogens with zero attached hydrogens (tertiary/aromatic N) is 2. The lowest BCUT2D eigenvalue weighted by Crippen LogP contribution is -2.16. The molecule has 3 rings (SSSR count). The van der Waals surface area contributed by atoms with Crippen molar-refractivity contribution in [2.45, 2.75) is 25.3 Å². The van der Waals surface area contributed by atoms with Crippen molar-refractivity contribution in [1.82, 2.24) is 10.2 Å². The number of carbonyl (C=O) groups excluding carboxylic acids is 1. The van der Waals surface area contributed by atoms with Crippen LogP contribution < -0.4 is 10.6 Å². The van der Waals surface area contributed by atoms with Gasteiger partial charge in [-0.05, 0) is 42.7 Å². The second-order valence-electron chi connectivity index (χ2n) is 5.08. The van der Waals surface area contributed by atoms with Gasteiger partial charge in [-0.1, -0.05) is 12.1 Å². The highest BCUT2D eigenvalue weighted by Gasteiger charge is 2.21. The molecule has 0 bridgehead atoms. The van der Waals surface area contributed by atoms with E-state index in [0.29, 0.717) is 23.2 Å². The quantitative estimate of drug-likeness (QED) is 0.885. The van der Waals surface area contributed by atoms with Crippen molar-refractivity contribution in [3.63, 3.8) is 0 Å². The molecule has 1 amide bonds. The first-order valence-electron chi connectivity index (χ1n) is 6.83. The van der Waals surface area contributed by atoms with Gasteiger partial charge in [-0.25, -0.2) is 4.39 Å². The maximum Gasteiger partial charge on any atom is 0.229 e. The first-order valence-corrected chi connectivity index (χ1v) is 6.83. The molecule has 21 heavy (non-hydrogen) atoms. The molecule has 1 heterocycles. The minimum absolute atomic E-state index is 0.0987. The maximum absolute atomic E-state index is 13.0.